The highest BCUT2D eigenvalue weighted by Crippen LogP contribution is 2.25. The normalized spacial score (nSPS) is 10.9. The van der Waals surface area contributed by atoms with Crippen LogP contribution in [0.25, 0.3) is 17.0 Å². The summed E-state index contributed by atoms with van der Waals surface area (Å²) in [7, 11) is 1.28. The monoisotopic (exact) mass is 559 g/mol. The molecular weight excluding hydrogens is 538 g/mol. The highest BCUT2D eigenvalue weighted by Gasteiger charge is 2.16. The molecule has 0 aliphatic carbocycles. The number of phenols is 1. The third-order valence-electron chi connectivity index (χ3n) is 5.43. The van der Waals surface area contributed by atoms with Crippen molar-refractivity contribution in [1.29, 1.82) is 0 Å². The Morgan fingerprint density at radius 3 is 2.57 bits per heavy atom. The number of amides is 2. The molecule has 9 heteroatoms. The van der Waals surface area contributed by atoms with Gasteiger partial charge in [0.15, 0.2) is 0 Å². The zero-order valence-corrected chi connectivity index (χ0v) is 21.3. The van der Waals surface area contributed by atoms with Crippen molar-refractivity contribution in [3.63, 3.8) is 0 Å². The number of phenolic OH excluding ortho intramolecular Hbond substituents is 1. The number of anilines is 1. The Kier molecular flexibility index (Phi) is 7.95. The van der Waals surface area contributed by atoms with Crippen LogP contribution in [0.4, 0.5) is 5.82 Å². The summed E-state index contributed by atoms with van der Waals surface area (Å²) in [5.74, 6) is -0.930. The zero-order chi connectivity index (χ0) is 26.4. The number of ether oxygens (including phenoxy) is 1. The number of hydrogen-bond donors (Lipinski definition) is 3. The molecule has 0 saturated heterocycles. The SMILES string of the molecule is COC(=O)/C=C\c1cc2ccccc2nc1NC(=O)c1ccc(C(=O)NCc2cccc(O)c2)cc1Br. The molecule has 3 N–H and O–H groups in total. The van der Waals surface area contributed by atoms with Crippen LogP contribution in [0.2, 0.25) is 0 Å². The van der Waals surface area contributed by atoms with Gasteiger partial charge in [-0.2, -0.15) is 0 Å². The molecule has 0 aliphatic heterocycles. The molecule has 0 aliphatic rings. The number of hydrogen-bond acceptors (Lipinski definition) is 6. The van der Waals surface area contributed by atoms with E-state index >= 15 is 0 Å². The Morgan fingerprint density at radius 1 is 1.00 bits per heavy atom. The first-order valence-corrected chi connectivity index (χ1v) is 12.0. The van der Waals surface area contributed by atoms with Crippen molar-refractivity contribution in [1.82, 2.24) is 10.3 Å². The van der Waals surface area contributed by atoms with Crippen molar-refractivity contribution in [2.45, 2.75) is 6.54 Å². The molecule has 186 valence electrons. The number of nitrogens with zero attached hydrogens (tertiary/aromatic N) is 1. The molecule has 0 fully saturated rings. The number of carbonyl (C=O) groups is 3. The molecule has 0 radical (unpaired) electrons. The third-order valence-corrected chi connectivity index (χ3v) is 6.08. The number of pyridine rings is 1. The molecule has 0 atom stereocenters. The van der Waals surface area contributed by atoms with E-state index in [4.69, 9.17) is 0 Å². The molecule has 2 amide bonds. The highest BCUT2D eigenvalue weighted by molar-refractivity contribution is 9.10. The molecule has 0 saturated carbocycles. The van der Waals surface area contributed by atoms with Gasteiger partial charge in [0.1, 0.15) is 11.6 Å². The van der Waals surface area contributed by atoms with Gasteiger partial charge in [-0.1, -0.05) is 30.3 Å². The van der Waals surface area contributed by atoms with Crippen LogP contribution in [0.1, 0.15) is 31.8 Å². The van der Waals surface area contributed by atoms with Crippen LogP contribution in [-0.4, -0.2) is 35.0 Å². The van der Waals surface area contributed by atoms with Gasteiger partial charge in [-0.3, -0.25) is 9.59 Å². The Balaban J connectivity index is 1.53. The average molecular weight is 560 g/mol. The first kappa shape index (κ1) is 25.6. The summed E-state index contributed by atoms with van der Waals surface area (Å²) in [6.45, 7) is 0.239. The van der Waals surface area contributed by atoms with E-state index < -0.39 is 11.9 Å². The minimum atomic E-state index is -0.536. The lowest BCUT2D eigenvalue weighted by Crippen LogP contribution is -2.23. The fourth-order valence-corrected chi connectivity index (χ4v) is 4.11. The summed E-state index contributed by atoms with van der Waals surface area (Å²) in [6.07, 6.45) is 2.78. The van der Waals surface area contributed by atoms with Gasteiger partial charge in [0.05, 0.1) is 18.2 Å². The standard InChI is InChI=1S/C28H22BrN3O5/c1-37-25(34)12-10-19-14-18-6-2-3-8-24(18)31-26(19)32-28(36)22-11-9-20(15-23(22)29)27(35)30-16-17-5-4-7-21(33)13-17/h2-15,33H,16H2,1H3,(H,30,35)(H,31,32,36)/b12-10-. The van der Waals surface area contributed by atoms with Gasteiger partial charge >= 0.3 is 5.97 Å². The minimum Gasteiger partial charge on any atom is -0.508 e. The van der Waals surface area contributed by atoms with Crippen molar-refractivity contribution >= 4 is 56.5 Å². The number of rotatable bonds is 7. The summed E-state index contributed by atoms with van der Waals surface area (Å²) in [5, 5.41) is 16.0. The van der Waals surface area contributed by atoms with Crippen molar-refractivity contribution < 1.29 is 24.2 Å². The predicted octanol–water partition coefficient (Wildman–Crippen LogP) is 5.07. The van der Waals surface area contributed by atoms with E-state index in [0.29, 0.717) is 26.7 Å². The maximum Gasteiger partial charge on any atom is 0.330 e. The van der Waals surface area contributed by atoms with E-state index in [1.807, 2.05) is 30.3 Å². The predicted molar refractivity (Wildman–Crippen MR) is 144 cm³/mol. The van der Waals surface area contributed by atoms with Crippen LogP contribution < -0.4 is 10.6 Å². The molecule has 1 heterocycles. The Morgan fingerprint density at radius 2 is 1.81 bits per heavy atom. The lowest BCUT2D eigenvalue weighted by Gasteiger charge is -2.12. The second-order valence-electron chi connectivity index (χ2n) is 7.98. The number of para-hydroxylation sites is 1. The van der Waals surface area contributed by atoms with Crippen molar-refractivity contribution in [3.8, 4) is 5.75 Å². The van der Waals surface area contributed by atoms with E-state index in [1.54, 1.807) is 36.4 Å². The van der Waals surface area contributed by atoms with E-state index in [0.717, 1.165) is 10.9 Å². The summed E-state index contributed by atoms with van der Waals surface area (Å²) >= 11 is 3.38. The molecule has 8 nitrogen and oxygen atoms in total. The van der Waals surface area contributed by atoms with Gasteiger partial charge in [-0.25, -0.2) is 9.78 Å². The van der Waals surface area contributed by atoms with Gasteiger partial charge in [0.25, 0.3) is 11.8 Å². The second-order valence-corrected chi connectivity index (χ2v) is 8.83. The van der Waals surface area contributed by atoms with Gasteiger partial charge in [-0.05, 0) is 70.0 Å². The highest BCUT2D eigenvalue weighted by atomic mass is 79.9. The Bertz CT molecular complexity index is 1530. The van der Waals surface area contributed by atoms with Crippen LogP contribution in [0, 0.1) is 0 Å². The molecule has 4 rings (SSSR count). The second kappa shape index (κ2) is 11.5. The van der Waals surface area contributed by atoms with E-state index in [-0.39, 0.29) is 24.0 Å². The van der Waals surface area contributed by atoms with Crippen LogP contribution in [-0.2, 0) is 16.1 Å². The third kappa shape index (κ3) is 6.39. The van der Waals surface area contributed by atoms with E-state index in [9.17, 15) is 19.5 Å². The molecule has 3 aromatic carbocycles. The number of carbonyl (C=O) groups excluding carboxylic acids is 3. The minimum absolute atomic E-state index is 0.120. The zero-order valence-electron chi connectivity index (χ0n) is 19.7. The molecule has 0 spiro atoms. The first-order valence-electron chi connectivity index (χ1n) is 11.2. The van der Waals surface area contributed by atoms with E-state index in [1.165, 1.54) is 25.3 Å². The van der Waals surface area contributed by atoms with Crippen LogP contribution in [0.3, 0.4) is 0 Å². The number of fused-ring (bicyclic) bond motifs is 1. The molecule has 37 heavy (non-hydrogen) atoms. The van der Waals surface area contributed by atoms with Crippen molar-refractivity contribution in [3.05, 3.63) is 106 Å². The first-order chi connectivity index (χ1) is 17.8. The average Bonchev–Trinajstić information content (AvgIpc) is 2.90. The number of aromatic nitrogens is 1. The maximum absolute atomic E-state index is 13.1. The summed E-state index contributed by atoms with van der Waals surface area (Å²) < 4.78 is 5.08. The lowest BCUT2D eigenvalue weighted by molar-refractivity contribution is -0.134. The number of aromatic hydroxyl groups is 1. The molecular formula is C28H22BrN3O5. The molecule has 0 bridgehead atoms. The number of nitrogens with one attached hydrogen (secondary N) is 2. The number of methoxy groups -OCH3 is 1. The summed E-state index contributed by atoms with van der Waals surface area (Å²) in [6, 6.07) is 20.5. The smallest absolute Gasteiger partial charge is 0.330 e. The molecule has 1 aromatic heterocycles. The Labute approximate surface area is 221 Å². The lowest BCUT2D eigenvalue weighted by atomic mass is 10.1. The van der Waals surface area contributed by atoms with Gasteiger partial charge in [-0.15, -0.1) is 0 Å². The van der Waals surface area contributed by atoms with Crippen molar-refractivity contribution in [2.24, 2.45) is 0 Å². The van der Waals surface area contributed by atoms with Crippen LogP contribution in [0.15, 0.2) is 83.3 Å². The largest absolute Gasteiger partial charge is 0.508 e. The topological polar surface area (TPSA) is 118 Å². The van der Waals surface area contributed by atoms with E-state index in [2.05, 4.69) is 36.3 Å². The molecule has 0 unspecified atom stereocenters. The van der Waals surface area contributed by atoms with Gasteiger partial charge in [0, 0.05) is 33.6 Å². The summed E-state index contributed by atoms with van der Waals surface area (Å²) in [5.41, 5.74) is 2.60. The molecule has 4 aromatic rings. The van der Waals surface area contributed by atoms with Crippen LogP contribution in [0.5, 0.6) is 5.75 Å². The number of halogens is 1. The maximum atomic E-state index is 13.1. The van der Waals surface area contributed by atoms with Crippen LogP contribution >= 0.6 is 15.9 Å². The number of esters is 1. The number of benzene rings is 3. The van der Waals surface area contributed by atoms with Gasteiger partial charge < -0.3 is 20.5 Å². The fraction of sp³-hybridized carbons (Fsp3) is 0.0714. The Hall–Kier alpha value is -4.50. The van der Waals surface area contributed by atoms with Gasteiger partial charge in [0.2, 0.25) is 0 Å². The fourth-order valence-electron chi connectivity index (χ4n) is 3.55. The van der Waals surface area contributed by atoms with Crippen molar-refractivity contribution in [2.75, 3.05) is 12.4 Å². The summed E-state index contributed by atoms with van der Waals surface area (Å²) in [4.78, 5) is 41.9. The quantitative estimate of drug-likeness (QED) is 0.215.